The number of fused-ring (bicyclic) bond motifs is 1. The fraction of sp³-hybridized carbons (Fsp3) is 0.462. The summed E-state index contributed by atoms with van der Waals surface area (Å²) in [7, 11) is 0. The Morgan fingerprint density at radius 3 is 3.06 bits per heavy atom. The van der Waals surface area contributed by atoms with Gasteiger partial charge in [-0.3, -0.25) is 9.59 Å². The molecule has 0 radical (unpaired) electrons. The van der Waals surface area contributed by atoms with Crippen LogP contribution in [0.3, 0.4) is 0 Å². The molecule has 1 aromatic rings. The highest BCUT2D eigenvalue weighted by molar-refractivity contribution is 5.98. The predicted molar refractivity (Wildman–Crippen MR) is 65.9 cm³/mol. The Labute approximate surface area is 105 Å². The van der Waals surface area contributed by atoms with E-state index < -0.39 is 5.41 Å². The Kier molecular flexibility index (Phi) is 2.54. The molecule has 0 aliphatic carbocycles. The maximum absolute atomic E-state index is 12.3. The molecular formula is C13H15N3O2. The van der Waals surface area contributed by atoms with Gasteiger partial charge in [0.25, 0.3) is 0 Å². The van der Waals surface area contributed by atoms with Crippen LogP contribution < -0.4 is 10.6 Å². The number of amides is 2. The van der Waals surface area contributed by atoms with Gasteiger partial charge in [-0.2, -0.15) is 0 Å². The van der Waals surface area contributed by atoms with Crippen molar-refractivity contribution >= 4 is 17.6 Å². The van der Waals surface area contributed by atoms with Crippen LogP contribution in [0.5, 0.6) is 0 Å². The third-order valence-corrected chi connectivity index (χ3v) is 3.89. The van der Waals surface area contributed by atoms with Gasteiger partial charge in [0.1, 0.15) is 5.82 Å². The van der Waals surface area contributed by atoms with E-state index in [1.165, 1.54) is 0 Å². The summed E-state index contributed by atoms with van der Waals surface area (Å²) in [6, 6.07) is 3.87. The Bertz CT molecular complexity index is 515. The molecule has 2 amide bonds. The zero-order valence-electron chi connectivity index (χ0n) is 10.0. The molecule has 2 aliphatic rings. The van der Waals surface area contributed by atoms with Gasteiger partial charge in [0.2, 0.25) is 11.8 Å². The zero-order valence-corrected chi connectivity index (χ0v) is 10.0. The Hall–Kier alpha value is -1.91. The van der Waals surface area contributed by atoms with Crippen LogP contribution in [0.4, 0.5) is 5.82 Å². The molecule has 3 rings (SSSR count). The number of carbonyl (C=O) groups is 2. The number of nitrogens with one attached hydrogen (secondary N) is 2. The van der Waals surface area contributed by atoms with Crippen LogP contribution in [0, 0.1) is 5.41 Å². The molecule has 1 spiro atoms. The van der Waals surface area contributed by atoms with E-state index in [1.54, 1.807) is 6.20 Å². The van der Waals surface area contributed by atoms with Crippen LogP contribution in [-0.4, -0.2) is 23.3 Å². The molecule has 18 heavy (non-hydrogen) atoms. The first-order valence-corrected chi connectivity index (χ1v) is 6.22. The number of nitrogens with zero attached hydrogens (tertiary/aromatic N) is 1. The lowest BCUT2D eigenvalue weighted by Gasteiger charge is -2.35. The van der Waals surface area contributed by atoms with Gasteiger partial charge in [0, 0.05) is 19.2 Å². The van der Waals surface area contributed by atoms with Crippen molar-refractivity contribution in [3.05, 3.63) is 23.9 Å². The third-order valence-electron chi connectivity index (χ3n) is 3.89. The predicted octanol–water partition coefficient (Wildman–Crippen LogP) is 0.863. The van der Waals surface area contributed by atoms with Crippen molar-refractivity contribution in [1.82, 2.24) is 10.3 Å². The molecule has 1 unspecified atom stereocenters. The third kappa shape index (κ3) is 1.75. The van der Waals surface area contributed by atoms with E-state index in [-0.39, 0.29) is 11.8 Å². The minimum absolute atomic E-state index is 0.00481. The summed E-state index contributed by atoms with van der Waals surface area (Å²) in [4.78, 5) is 27.9. The Morgan fingerprint density at radius 1 is 1.28 bits per heavy atom. The van der Waals surface area contributed by atoms with E-state index in [4.69, 9.17) is 0 Å². The number of carbonyl (C=O) groups excluding carboxylic acids is 2. The minimum Gasteiger partial charge on any atom is -0.356 e. The molecule has 0 bridgehead atoms. The lowest BCUT2D eigenvalue weighted by Crippen LogP contribution is -2.42. The van der Waals surface area contributed by atoms with E-state index in [0.29, 0.717) is 38.0 Å². The average Bonchev–Trinajstić information content (AvgIpc) is 2.55. The lowest BCUT2D eigenvalue weighted by molar-refractivity contribution is -0.127. The summed E-state index contributed by atoms with van der Waals surface area (Å²) in [5.41, 5.74) is 0.612. The van der Waals surface area contributed by atoms with E-state index in [1.807, 2.05) is 12.1 Å². The Morgan fingerprint density at radius 2 is 2.17 bits per heavy atom. The number of anilines is 1. The molecule has 1 atom stereocenters. The molecular weight excluding hydrogens is 230 g/mol. The SMILES string of the molecule is O=C1CCC2(CCN1)Cc1cccnc1NC2=O. The number of hydrogen-bond acceptors (Lipinski definition) is 3. The number of aromatic nitrogens is 1. The topological polar surface area (TPSA) is 71.1 Å². The molecule has 2 N–H and O–H groups in total. The zero-order chi connectivity index (χ0) is 12.6. The van der Waals surface area contributed by atoms with Gasteiger partial charge >= 0.3 is 0 Å². The highest BCUT2D eigenvalue weighted by Gasteiger charge is 2.43. The monoisotopic (exact) mass is 245 g/mol. The van der Waals surface area contributed by atoms with Gasteiger partial charge in [0.05, 0.1) is 5.41 Å². The van der Waals surface area contributed by atoms with Crippen LogP contribution in [0.15, 0.2) is 18.3 Å². The smallest absolute Gasteiger partial charge is 0.232 e. The first kappa shape index (κ1) is 11.2. The van der Waals surface area contributed by atoms with Crippen LogP contribution in [0.1, 0.15) is 24.8 Å². The van der Waals surface area contributed by atoms with Gasteiger partial charge in [-0.05, 0) is 30.9 Å². The second-order valence-electron chi connectivity index (χ2n) is 5.02. The molecule has 5 nitrogen and oxygen atoms in total. The van der Waals surface area contributed by atoms with Crippen LogP contribution in [0.25, 0.3) is 0 Å². The van der Waals surface area contributed by atoms with Crippen molar-refractivity contribution < 1.29 is 9.59 Å². The summed E-state index contributed by atoms with van der Waals surface area (Å²) in [6.07, 6.45) is 4.08. The van der Waals surface area contributed by atoms with Crippen molar-refractivity contribution in [3.63, 3.8) is 0 Å². The fourth-order valence-electron chi connectivity index (χ4n) is 2.79. The first-order valence-electron chi connectivity index (χ1n) is 6.22. The highest BCUT2D eigenvalue weighted by Crippen LogP contribution is 2.39. The molecule has 1 aromatic heterocycles. The molecule has 1 saturated heterocycles. The van der Waals surface area contributed by atoms with Crippen LogP contribution in [0.2, 0.25) is 0 Å². The molecule has 3 heterocycles. The number of hydrogen-bond donors (Lipinski definition) is 2. The largest absolute Gasteiger partial charge is 0.356 e. The molecule has 94 valence electrons. The summed E-state index contributed by atoms with van der Waals surface area (Å²) >= 11 is 0. The molecule has 1 fully saturated rings. The van der Waals surface area contributed by atoms with Crippen LogP contribution >= 0.6 is 0 Å². The van der Waals surface area contributed by atoms with Gasteiger partial charge < -0.3 is 10.6 Å². The quantitative estimate of drug-likeness (QED) is 0.712. The molecule has 2 aliphatic heterocycles. The van der Waals surface area contributed by atoms with Crippen molar-refractivity contribution in [2.24, 2.45) is 5.41 Å². The molecule has 0 aromatic carbocycles. The van der Waals surface area contributed by atoms with E-state index in [0.717, 1.165) is 5.56 Å². The van der Waals surface area contributed by atoms with Crippen molar-refractivity contribution in [2.75, 3.05) is 11.9 Å². The lowest BCUT2D eigenvalue weighted by atomic mass is 9.73. The molecule has 0 saturated carbocycles. The Balaban J connectivity index is 1.94. The van der Waals surface area contributed by atoms with E-state index >= 15 is 0 Å². The summed E-state index contributed by atoms with van der Waals surface area (Å²) in [5.74, 6) is 0.707. The highest BCUT2D eigenvalue weighted by atomic mass is 16.2. The average molecular weight is 245 g/mol. The second kappa shape index (κ2) is 4.08. The normalized spacial score (nSPS) is 27.1. The maximum Gasteiger partial charge on any atom is 0.232 e. The van der Waals surface area contributed by atoms with Gasteiger partial charge in [-0.25, -0.2) is 4.98 Å². The van der Waals surface area contributed by atoms with E-state index in [9.17, 15) is 9.59 Å². The van der Waals surface area contributed by atoms with Crippen molar-refractivity contribution in [2.45, 2.75) is 25.7 Å². The summed E-state index contributed by atoms with van der Waals surface area (Å²) in [6.45, 7) is 0.571. The fourth-order valence-corrected chi connectivity index (χ4v) is 2.79. The van der Waals surface area contributed by atoms with Crippen molar-refractivity contribution in [1.29, 1.82) is 0 Å². The number of pyridine rings is 1. The maximum atomic E-state index is 12.3. The summed E-state index contributed by atoms with van der Waals surface area (Å²) in [5, 5.41) is 5.70. The minimum atomic E-state index is -0.449. The van der Waals surface area contributed by atoms with Crippen LogP contribution in [-0.2, 0) is 16.0 Å². The first-order chi connectivity index (χ1) is 8.70. The molecule has 5 heteroatoms. The number of rotatable bonds is 0. The van der Waals surface area contributed by atoms with Gasteiger partial charge in [-0.1, -0.05) is 6.07 Å². The van der Waals surface area contributed by atoms with Gasteiger partial charge in [0.15, 0.2) is 0 Å². The van der Waals surface area contributed by atoms with Gasteiger partial charge in [-0.15, -0.1) is 0 Å². The standard InChI is InChI=1S/C13H15N3O2/c17-10-3-4-13(5-7-14-10)8-9-2-1-6-15-11(9)16-12(13)18/h1-2,6H,3-5,7-8H2,(H,14,17)(H,15,16,18). The van der Waals surface area contributed by atoms with E-state index in [2.05, 4.69) is 15.6 Å². The van der Waals surface area contributed by atoms with Crippen molar-refractivity contribution in [3.8, 4) is 0 Å². The second-order valence-corrected chi connectivity index (χ2v) is 5.02. The summed E-state index contributed by atoms with van der Waals surface area (Å²) < 4.78 is 0.